The first-order chi connectivity index (χ1) is 8.26. The van der Waals surface area contributed by atoms with E-state index in [-0.39, 0.29) is 6.10 Å². The molecule has 0 saturated carbocycles. The maximum absolute atomic E-state index is 9.40. The minimum Gasteiger partial charge on any atom is -0.393 e. The van der Waals surface area contributed by atoms with Gasteiger partial charge in [-0.2, -0.15) is 0 Å². The first kappa shape index (κ1) is 14.2. The lowest BCUT2D eigenvalue weighted by Gasteiger charge is -2.09. The van der Waals surface area contributed by atoms with Gasteiger partial charge in [-0.25, -0.2) is 0 Å². The van der Waals surface area contributed by atoms with Crippen LogP contribution in [0.5, 0.6) is 0 Å². The fraction of sp³-hybridized carbons (Fsp3) is 0.571. The van der Waals surface area contributed by atoms with Crippen molar-refractivity contribution in [1.82, 2.24) is 5.32 Å². The smallest absolute Gasteiger partial charge is 0.0713 e. The van der Waals surface area contributed by atoms with Gasteiger partial charge in [0.1, 0.15) is 0 Å². The van der Waals surface area contributed by atoms with Gasteiger partial charge >= 0.3 is 0 Å². The predicted octanol–water partition coefficient (Wildman–Crippen LogP) is 2.08. The second-order valence-electron chi connectivity index (χ2n) is 4.28. The van der Waals surface area contributed by atoms with Crippen LogP contribution in [0.3, 0.4) is 0 Å². The van der Waals surface area contributed by atoms with Crippen molar-refractivity contribution in [2.24, 2.45) is 0 Å². The van der Waals surface area contributed by atoms with Crippen LogP contribution in [0.4, 0.5) is 0 Å². The number of hydrogen-bond acceptors (Lipinski definition) is 3. The van der Waals surface area contributed by atoms with Gasteiger partial charge in [-0.15, -0.1) is 0 Å². The second-order valence-corrected chi connectivity index (χ2v) is 4.28. The standard InChI is InChI=1S/C14H23NO2/c1-3-14(16)8-9-15-10-12-4-6-13(7-5-12)11-17-2/h4-7,14-16H,3,8-11H2,1-2H3. The summed E-state index contributed by atoms with van der Waals surface area (Å²) in [7, 11) is 1.70. The number of hydrogen-bond donors (Lipinski definition) is 2. The second kappa shape index (κ2) is 8.23. The molecule has 1 aromatic rings. The maximum Gasteiger partial charge on any atom is 0.0713 e. The molecule has 3 nitrogen and oxygen atoms in total. The molecule has 0 spiro atoms. The highest BCUT2D eigenvalue weighted by atomic mass is 16.5. The van der Waals surface area contributed by atoms with Crippen molar-refractivity contribution in [3.63, 3.8) is 0 Å². The van der Waals surface area contributed by atoms with Crippen molar-refractivity contribution >= 4 is 0 Å². The molecule has 0 aliphatic heterocycles. The first-order valence-corrected chi connectivity index (χ1v) is 6.21. The third-order valence-electron chi connectivity index (χ3n) is 2.79. The van der Waals surface area contributed by atoms with E-state index in [1.165, 1.54) is 11.1 Å². The quantitative estimate of drug-likeness (QED) is 0.680. The van der Waals surface area contributed by atoms with E-state index in [9.17, 15) is 5.11 Å². The lowest BCUT2D eigenvalue weighted by atomic mass is 10.1. The summed E-state index contributed by atoms with van der Waals surface area (Å²) in [6, 6.07) is 8.39. The molecule has 0 heterocycles. The summed E-state index contributed by atoms with van der Waals surface area (Å²) >= 11 is 0. The van der Waals surface area contributed by atoms with Gasteiger partial charge in [0.25, 0.3) is 0 Å². The van der Waals surface area contributed by atoms with Gasteiger partial charge in [0.15, 0.2) is 0 Å². The van der Waals surface area contributed by atoms with Gasteiger partial charge in [0.05, 0.1) is 12.7 Å². The van der Waals surface area contributed by atoms with E-state index < -0.39 is 0 Å². The molecule has 0 aromatic heterocycles. The average molecular weight is 237 g/mol. The minimum atomic E-state index is -0.174. The largest absolute Gasteiger partial charge is 0.393 e. The van der Waals surface area contributed by atoms with E-state index in [1.54, 1.807) is 7.11 Å². The van der Waals surface area contributed by atoms with Gasteiger partial charge in [-0.3, -0.25) is 0 Å². The van der Waals surface area contributed by atoms with Crippen LogP contribution in [0, 0.1) is 0 Å². The lowest BCUT2D eigenvalue weighted by Crippen LogP contribution is -2.19. The van der Waals surface area contributed by atoms with E-state index in [4.69, 9.17) is 4.74 Å². The van der Waals surface area contributed by atoms with E-state index in [1.807, 2.05) is 6.92 Å². The van der Waals surface area contributed by atoms with Crippen LogP contribution in [-0.4, -0.2) is 24.9 Å². The minimum absolute atomic E-state index is 0.174. The molecule has 96 valence electrons. The van der Waals surface area contributed by atoms with Crippen LogP contribution in [0.2, 0.25) is 0 Å². The van der Waals surface area contributed by atoms with Crippen LogP contribution in [0.25, 0.3) is 0 Å². The molecule has 2 N–H and O–H groups in total. The average Bonchev–Trinajstić information content (AvgIpc) is 2.36. The van der Waals surface area contributed by atoms with E-state index in [2.05, 4.69) is 29.6 Å². The molecule has 0 saturated heterocycles. The normalized spacial score (nSPS) is 12.6. The van der Waals surface area contributed by atoms with Gasteiger partial charge in [0.2, 0.25) is 0 Å². The number of methoxy groups -OCH3 is 1. The zero-order valence-electron chi connectivity index (χ0n) is 10.8. The highest BCUT2D eigenvalue weighted by Gasteiger charge is 1.99. The molecular formula is C14H23NO2. The highest BCUT2D eigenvalue weighted by molar-refractivity contribution is 5.21. The Morgan fingerprint density at radius 1 is 1.24 bits per heavy atom. The van der Waals surface area contributed by atoms with Crippen LogP contribution in [-0.2, 0) is 17.9 Å². The summed E-state index contributed by atoms with van der Waals surface area (Å²) < 4.78 is 5.06. The molecule has 0 aliphatic rings. The first-order valence-electron chi connectivity index (χ1n) is 6.21. The summed E-state index contributed by atoms with van der Waals surface area (Å²) in [5.74, 6) is 0. The SMILES string of the molecule is CCC(O)CCNCc1ccc(COC)cc1. The molecule has 0 bridgehead atoms. The number of nitrogens with one attached hydrogen (secondary N) is 1. The highest BCUT2D eigenvalue weighted by Crippen LogP contribution is 2.05. The van der Waals surface area contributed by atoms with Crippen LogP contribution in [0.15, 0.2) is 24.3 Å². The molecule has 3 heteroatoms. The van der Waals surface area contributed by atoms with Crippen LogP contribution < -0.4 is 5.32 Å². The van der Waals surface area contributed by atoms with Crippen molar-refractivity contribution in [2.75, 3.05) is 13.7 Å². The third-order valence-corrected chi connectivity index (χ3v) is 2.79. The van der Waals surface area contributed by atoms with Gasteiger partial charge in [-0.1, -0.05) is 31.2 Å². The summed E-state index contributed by atoms with van der Waals surface area (Å²) in [6.45, 7) is 4.37. The Bertz CT molecular complexity index is 298. The van der Waals surface area contributed by atoms with Gasteiger partial charge in [0, 0.05) is 13.7 Å². The zero-order chi connectivity index (χ0) is 12.5. The third kappa shape index (κ3) is 5.82. The fourth-order valence-electron chi connectivity index (χ4n) is 1.63. The Hall–Kier alpha value is -0.900. The molecular weight excluding hydrogens is 214 g/mol. The number of rotatable bonds is 8. The zero-order valence-corrected chi connectivity index (χ0v) is 10.8. The molecule has 0 aliphatic carbocycles. The Balaban J connectivity index is 2.23. The van der Waals surface area contributed by atoms with Crippen molar-refractivity contribution in [1.29, 1.82) is 0 Å². The number of aliphatic hydroxyl groups is 1. The molecule has 1 unspecified atom stereocenters. The summed E-state index contributed by atoms with van der Waals surface area (Å²) in [5.41, 5.74) is 2.45. The van der Waals surface area contributed by atoms with Crippen LogP contribution in [0.1, 0.15) is 30.9 Å². The Kier molecular flexibility index (Phi) is 6.86. The van der Waals surface area contributed by atoms with Crippen molar-refractivity contribution < 1.29 is 9.84 Å². The molecule has 0 fully saturated rings. The van der Waals surface area contributed by atoms with Gasteiger partial charge < -0.3 is 15.2 Å². The summed E-state index contributed by atoms with van der Waals surface area (Å²) in [5, 5.41) is 12.7. The van der Waals surface area contributed by atoms with Crippen molar-refractivity contribution in [3.8, 4) is 0 Å². The van der Waals surface area contributed by atoms with Crippen molar-refractivity contribution in [3.05, 3.63) is 35.4 Å². The van der Waals surface area contributed by atoms with E-state index in [0.717, 1.165) is 25.9 Å². The Morgan fingerprint density at radius 2 is 1.88 bits per heavy atom. The number of aliphatic hydroxyl groups excluding tert-OH is 1. The van der Waals surface area contributed by atoms with E-state index >= 15 is 0 Å². The number of benzene rings is 1. The Morgan fingerprint density at radius 3 is 2.47 bits per heavy atom. The summed E-state index contributed by atoms with van der Waals surface area (Å²) in [6.07, 6.45) is 1.47. The van der Waals surface area contributed by atoms with E-state index in [0.29, 0.717) is 6.61 Å². The summed E-state index contributed by atoms with van der Waals surface area (Å²) in [4.78, 5) is 0. The lowest BCUT2D eigenvalue weighted by molar-refractivity contribution is 0.159. The van der Waals surface area contributed by atoms with Crippen LogP contribution >= 0.6 is 0 Å². The Labute approximate surface area is 104 Å². The van der Waals surface area contributed by atoms with Gasteiger partial charge in [-0.05, 0) is 30.5 Å². The fourth-order valence-corrected chi connectivity index (χ4v) is 1.63. The topological polar surface area (TPSA) is 41.5 Å². The maximum atomic E-state index is 9.40. The molecule has 17 heavy (non-hydrogen) atoms. The molecule has 0 radical (unpaired) electrons. The monoisotopic (exact) mass is 237 g/mol. The predicted molar refractivity (Wildman–Crippen MR) is 69.8 cm³/mol. The molecule has 1 atom stereocenters. The number of ether oxygens (including phenoxy) is 1. The molecule has 1 aromatic carbocycles. The molecule has 0 amide bonds. The molecule has 1 rings (SSSR count). The van der Waals surface area contributed by atoms with Crippen molar-refractivity contribution in [2.45, 2.75) is 39.0 Å².